The summed E-state index contributed by atoms with van der Waals surface area (Å²) in [5, 5.41) is 27.4. The van der Waals surface area contributed by atoms with Gasteiger partial charge in [0.2, 0.25) is 0 Å². The normalized spacial score (nSPS) is 16.6. The summed E-state index contributed by atoms with van der Waals surface area (Å²) in [5.74, 6) is -4.82. The van der Waals surface area contributed by atoms with Crippen LogP contribution in [-0.4, -0.2) is 22.2 Å². The number of aliphatic carboxylic acids is 2. The van der Waals surface area contributed by atoms with E-state index in [9.17, 15) is 14.7 Å². The third-order valence-electron chi connectivity index (χ3n) is 2.87. The van der Waals surface area contributed by atoms with Crippen molar-refractivity contribution in [2.75, 3.05) is 0 Å². The lowest BCUT2D eigenvalue weighted by atomic mass is 9.64. The third-order valence-corrected chi connectivity index (χ3v) is 2.87. The molecule has 0 saturated heterocycles. The van der Waals surface area contributed by atoms with E-state index in [0.717, 1.165) is 0 Å². The number of nitriles is 1. The SMILES string of the molecule is CC(C)C(C(=O)O)C(C#N)(C(=O)O)C(C)C. The van der Waals surface area contributed by atoms with Crippen molar-refractivity contribution in [2.45, 2.75) is 27.7 Å². The van der Waals surface area contributed by atoms with Crippen molar-refractivity contribution < 1.29 is 19.8 Å². The van der Waals surface area contributed by atoms with Gasteiger partial charge in [0.15, 0.2) is 5.41 Å². The van der Waals surface area contributed by atoms with Gasteiger partial charge in [0, 0.05) is 0 Å². The van der Waals surface area contributed by atoms with E-state index in [4.69, 9.17) is 10.4 Å². The zero-order valence-electron chi connectivity index (χ0n) is 9.89. The summed E-state index contributed by atoms with van der Waals surface area (Å²) >= 11 is 0. The summed E-state index contributed by atoms with van der Waals surface area (Å²) in [5.41, 5.74) is -1.88. The Morgan fingerprint density at radius 2 is 1.62 bits per heavy atom. The van der Waals surface area contributed by atoms with Crippen molar-refractivity contribution >= 4 is 11.9 Å². The molecule has 0 amide bonds. The predicted octanol–water partition coefficient (Wildman–Crippen LogP) is 1.59. The quantitative estimate of drug-likeness (QED) is 0.743. The first kappa shape index (κ1) is 14.4. The lowest BCUT2D eigenvalue weighted by molar-refractivity contribution is -0.163. The summed E-state index contributed by atoms with van der Waals surface area (Å²) in [6.45, 7) is 6.32. The lowest BCUT2D eigenvalue weighted by Gasteiger charge is -2.34. The van der Waals surface area contributed by atoms with Crippen LogP contribution in [0.3, 0.4) is 0 Å². The molecule has 0 saturated carbocycles. The third kappa shape index (κ3) is 2.16. The van der Waals surface area contributed by atoms with E-state index in [1.165, 1.54) is 0 Å². The van der Waals surface area contributed by atoms with Gasteiger partial charge in [-0.2, -0.15) is 5.26 Å². The van der Waals surface area contributed by atoms with E-state index in [-0.39, 0.29) is 0 Å². The van der Waals surface area contributed by atoms with Crippen LogP contribution >= 0.6 is 0 Å². The smallest absolute Gasteiger partial charge is 0.325 e. The molecule has 0 aliphatic heterocycles. The second-order valence-corrected chi connectivity index (χ2v) is 4.50. The first-order chi connectivity index (χ1) is 7.21. The minimum absolute atomic E-state index is 0.421. The Morgan fingerprint density at radius 3 is 1.69 bits per heavy atom. The Hall–Kier alpha value is -1.57. The summed E-state index contributed by atoms with van der Waals surface area (Å²) in [6, 6.07) is 1.70. The van der Waals surface area contributed by atoms with Crippen molar-refractivity contribution in [1.82, 2.24) is 0 Å². The molecule has 0 radical (unpaired) electrons. The van der Waals surface area contributed by atoms with Crippen LogP contribution in [0.5, 0.6) is 0 Å². The van der Waals surface area contributed by atoms with E-state index in [1.807, 2.05) is 0 Å². The highest BCUT2D eigenvalue weighted by molar-refractivity contribution is 5.86. The van der Waals surface area contributed by atoms with Crippen LogP contribution in [0.2, 0.25) is 0 Å². The van der Waals surface area contributed by atoms with Crippen LogP contribution in [0.15, 0.2) is 0 Å². The molecule has 90 valence electrons. The molecule has 0 aliphatic rings. The van der Waals surface area contributed by atoms with E-state index >= 15 is 0 Å². The number of hydrogen-bond acceptors (Lipinski definition) is 3. The molecular formula is C11H17NO4. The summed E-state index contributed by atoms with van der Waals surface area (Å²) in [4.78, 5) is 22.4. The first-order valence-electron chi connectivity index (χ1n) is 5.09. The number of hydrogen-bond donors (Lipinski definition) is 2. The molecule has 0 aromatic rings. The highest BCUT2D eigenvalue weighted by atomic mass is 16.4. The molecule has 0 rings (SSSR count). The second kappa shape index (κ2) is 4.97. The molecule has 2 N–H and O–H groups in total. The van der Waals surface area contributed by atoms with Crippen LogP contribution in [0, 0.1) is 34.5 Å². The molecule has 0 fully saturated rings. The Kier molecular flexibility index (Phi) is 4.48. The number of carboxylic acid groups (broad SMARTS) is 2. The molecule has 0 aliphatic carbocycles. The number of carboxylic acids is 2. The van der Waals surface area contributed by atoms with Crippen LogP contribution in [-0.2, 0) is 9.59 Å². The van der Waals surface area contributed by atoms with Crippen LogP contribution < -0.4 is 0 Å². The fourth-order valence-corrected chi connectivity index (χ4v) is 1.99. The summed E-state index contributed by atoms with van der Waals surface area (Å²) < 4.78 is 0. The highest BCUT2D eigenvalue weighted by Crippen LogP contribution is 2.40. The molecule has 0 bridgehead atoms. The topological polar surface area (TPSA) is 98.4 Å². The lowest BCUT2D eigenvalue weighted by Crippen LogP contribution is -2.47. The van der Waals surface area contributed by atoms with Gasteiger partial charge in [0.05, 0.1) is 12.0 Å². The average molecular weight is 227 g/mol. The van der Waals surface area contributed by atoms with Crippen LogP contribution in [0.25, 0.3) is 0 Å². The van der Waals surface area contributed by atoms with Gasteiger partial charge in [-0.15, -0.1) is 0 Å². The molecule has 0 aromatic carbocycles. The monoisotopic (exact) mass is 227 g/mol. The fraction of sp³-hybridized carbons (Fsp3) is 0.727. The van der Waals surface area contributed by atoms with E-state index in [1.54, 1.807) is 33.8 Å². The Balaban J connectivity index is 5.74. The summed E-state index contributed by atoms with van der Waals surface area (Å²) in [6.07, 6.45) is 0. The Labute approximate surface area is 94.7 Å². The molecule has 0 heterocycles. The molecule has 0 spiro atoms. The predicted molar refractivity (Wildman–Crippen MR) is 56.5 cm³/mol. The van der Waals surface area contributed by atoms with Crippen molar-refractivity contribution in [1.29, 1.82) is 5.26 Å². The molecule has 0 aromatic heterocycles. The maximum Gasteiger partial charge on any atom is 0.325 e. The van der Waals surface area contributed by atoms with Gasteiger partial charge in [-0.1, -0.05) is 27.7 Å². The summed E-state index contributed by atoms with van der Waals surface area (Å²) in [7, 11) is 0. The molecule has 2 unspecified atom stereocenters. The molecule has 2 atom stereocenters. The maximum atomic E-state index is 11.3. The van der Waals surface area contributed by atoms with E-state index < -0.39 is 35.1 Å². The van der Waals surface area contributed by atoms with Gasteiger partial charge in [0.25, 0.3) is 0 Å². The van der Waals surface area contributed by atoms with Crippen LogP contribution in [0.1, 0.15) is 27.7 Å². The van der Waals surface area contributed by atoms with E-state index in [2.05, 4.69) is 0 Å². The van der Waals surface area contributed by atoms with Gasteiger partial charge in [0.1, 0.15) is 0 Å². The van der Waals surface area contributed by atoms with E-state index in [0.29, 0.717) is 0 Å². The van der Waals surface area contributed by atoms with Gasteiger partial charge in [-0.05, 0) is 11.8 Å². The Bertz CT molecular complexity index is 329. The zero-order chi connectivity index (χ0) is 13.1. The molecule has 5 heteroatoms. The standard InChI is InChI=1S/C11H17NO4/c1-6(2)8(9(13)14)11(5-12,7(3)4)10(15)16/h6-8H,1-4H3,(H,13,14)(H,15,16). The van der Waals surface area contributed by atoms with Crippen molar-refractivity contribution in [3.8, 4) is 6.07 Å². The molecular weight excluding hydrogens is 210 g/mol. The van der Waals surface area contributed by atoms with Gasteiger partial charge >= 0.3 is 11.9 Å². The van der Waals surface area contributed by atoms with Crippen molar-refractivity contribution in [2.24, 2.45) is 23.2 Å². The fourth-order valence-electron chi connectivity index (χ4n) is 1.99. The average Bonchev–Trinajstić information content (AvgIpc) is 2.10. The second-order valence-electron chi connectivity index (χ2n) is 4.50. The largest absolute Gasteiger partial charge is 0.481 e. The number of carbonyl (C=O) groups is 2. The highest BCUT2D eigenvalue weighted by Gasteiger charge is 2.54. The number of rotatable bonds is 5. The van der Waals surface area contributed by atoms with Gasteiger partial charge < -0.3 is 10.2 Å². The maximum absolute atomic E-state index is 11.3. The molecule has 5 nitrogen and oxygen atoms in total. The molecule has 16 heavy (non-hydrogen) atoms. The zero-order valence-corrected chi connectivity index (χ0v) is 9.89. The van der Waals surface area contributed by atoms with Gasteiger partial charge in [-0.25, -0.2) is 0 Å². The minimum Gasteiger partial charge on any atom is -0.481 e. The first-order valence-corrected chi connectivity index (χ1v) is 5.09. The van der Waals surface area contributed by atoms with Gasteiger partial charge in [-0.3, -0.25) is 9.59 Å². The number of nitrogens with zero attached hydrogens (tertiary/aromatic N) is 1. The minimum atomic E-state index is -1.88. The van der Waals surface area contributed by atoms with Crippen molar-refractivity contribution in [3.05, 3.63) is 0 Å². The Morgan fingerprint density at radius 1 is 1.19 bits per heavy atom. The van der Waals surface area contributed by atoms with Crippen molar-refractivity contribution in [3.63, 3.8) is 0 Å². The van der Waals surface area contributed by atoms with Crippen LogP contribution in [0.4, 0.5) is 0 Å².